The van der Waals surface area contributed by atoms with Gasteiger partial charge in [0.2, 0.25) is 0 Å². The number of thioether (sulfide) groups is 1. The lowest BCUT2D eigenvalue weighted by Gasteiger charge is -2.41. The molecule has 1 saturated heterocycles. The topological polar surface area (TPSA) is 23.5 Å². The van der Waals surface area contributed by atoms with Crippen LogP contribution in [0.25, 0.3) is 0 Å². The predicted molar refractivity (Wildman–Crippen MR) is 84.6 cm³/mol. The van der Waals surface area contributed by atoms with Crippen LogP contribution in [0.3, 0.4) is 0 Å². The molecule has 2 nitrogen and oxygen atoms in total. The first-order valence-corrected chi connectivity index (χ1v) is 8.95. The molecule has 0 aromatic carbocycles. The Labute approximate surface area is 123 Å². The molecule has 0 radical (unpaired) electrons. The number of aliphatic hydroxyl groups is 1. The SMILES string of the molecule is CC1CN(CC2CC(C(C)C)CCC2O)CC(C)S1. The number of hydrogen-bond acceptors (Lipinski definition) is 3. The normalized spacial score (nSPS) is 41.7. The van der Waals surface area contributed by atoms with Gasteiger partial charge in [-0.3, -0.25) is 0 Å². The van der Waals surface area contributed by atoms with Crippen LogP contribution in [-0.2, 0) is 0 Å². The lowest BCUT2D eigenvalue weighted by Crippen LogP contribution is -2.46. The third-order valence-corrected chi connectivity index (χ3v) is 6.14. The van der Waals surface area contributed by atoms with Crippen LogP contribution in [0.15, 0.2) is 0 Å². The molecule has 19 heavy (non-hydrogen) atoms. The molecule has 3 heteroatoms. The lowest BCUT2D eigenvalue weighted by molar-refractivity contribution is 0.0183. The highest BCUT2D eigenvalue weighted by Crippen LogP contribution is 2.35. The van der Waals surface area contributed by atoms with E-state index in [1.807, 2.05) is 0 Å². The highest BCUT2D eigenvalue weighted by atomic mass is 32.2. The van der Waals surface area contributed by atoms with Gasteiger partial charge in [0, 0.05) is 30.1 Å². The summed E-state index contributed by atoms with van der Waals surface area (Å²) in [4.78, 5) is 2.60. The molecule has 1 aliphatic heterocycles. The second-order valence-electron chi connectivity index (χ2n) is 7.12. The van der Waals surface area contributed by atoms with E-state index in [-0.39, 0.29) is 6.10 Å². The van der Waals surface area contributed by atoms with Crippen LogP contribution in [0.2, 0.25) is 0 Å². The summed E-state index contributed by atoms with van der Waals surface area (Å²) in [5.41, 5.74) is 0. The van der Waals surface area contributed by atoms with Crippen LogP contribution in [0.4, 0.5) is 0 Å². The van der Waals surface area contributed by atoms with E-state index in [1.165, 1.54) is 25.9 Å². The van der Waals surface area contributed by atoms with Gasteiger partial charge in [0.1, 0.15) is 0 Å². The molecule has 0 amide bonds. The first-order chi connectivity index (χ1) is 8.95. The van der Waals surface area contributed by atoms with Crippen LogP contribution in [0.1, 0.15) is 47.0 Å². The van der Waals surface area contributed by atoms with E-state index in [1.54, 1.807) is 0 Å². The molecule has 0 spiro atoms. The Morgan fingerprint density at radius 3 is 2.37 bits per heavy atom. The quantitative estimate of drug-likeness (QED) is 0.861. The molecule has 1 saturated carbocycles. The van der Waals surface area contributed by atoms with Crippen LogP contribution in [0, 0.1) is 17.8 Å². The van der Waals surface area contributed by atoms with E-state index in [9.17, 15) is 5.11 Å². The van der Waals surface area contributed by atoms with E-state index >= 15 is 0 Å². The number of rotatable bonds is 3. The number of nitrogens with zero attached hydrogens (tertiary/aromatic N) is 1. The zero-order chi connectivity index (χ0) is 14.0. The summed E-state index contributed by atoms with van der Waals surface area (Å²) < 4.78 is 0. The maximum Gasteiger partial charge on any atom is 0.0580 e. The van der Waals surface area contributed by atoms with Crippen molar-refractivity contribution in [1.82, 2.24) is 4.90 Å². The summed E-state index contributed by atoms with van der Waals surface area (Å²) in [5.74, 6) is 2.09. The van der Waals surface area contributed by atoms with Gasteiger partial charge in [0.25, 0.3) is 0 Å². The van der Waals surface area contributed by atoms with Crippen molar-refractivity contribution in [2.75, 3.05) is 19.6 Å². The Kier molecular flexibility index (Phi) is 5.62. The van der Waals surface area contributed by atoms with Crippen LogP contribution >= 0.6 is 11.8 Å². The van der Waals surface area contributed by atoms with Crippen molar-refractivity contribution in [3.8, 4) is 0 Å². The Morgan fingerprint density at radius 2 is 1.79 bits per heavy atom. The van der Waals surface area contributed by atoms with E-state index < -0.39 is 0 Å². The third-order valence-electron chi connectivity index (χ3n) is 4.91. The standard InChI is InChI=1S/C16H31NOS/c1-11(2)14-5-6-16(18)15(7-14)10-17-8-12(3)19-13(4)9-17/h11-16,18H,5-10H2,1-4H3. The molecular formula is C16H31NOS. The van der Waals surface area contributed by atoms with Gasteiger partial charge in [0.05, 0.1) is 6.10 Å². The van der Waals surface area contributed by atoms with Gasteiger partial charge in [-0.2, -0.15) is 11.8 Å². The molecule has 2 aliphatic rings. The van der Waals surface area contributed by atoms with Crippen molar-refractivity contribution in [1.29, 1.82) is 0 Å². The molecule has 2 fully saturated rings. The fraction of sp³-hybridized carbons (Fsp3) is 1.00. The van der Waals surface area contributed by atoms with Crippen molar-refractivity contribution in [2.45, 2.75) is 63.6 Å². The summed E-state index contributed by atoms with van der Waals surface area (Å²) in [6, 6.07) is 0. The molecule has 1 N–H and O–H groups in total. The Balaban J connectivity index is 1.89. The number of hydrogen-bond donors (Lipinski definition) is 1. The van der Waals surface area contributed by atoms with Crippen molar-refractivity contribution >= 4 is 11.8 Å². The zero-order valence-corrected chi connectivity index (χ0v) is 13.8. The number of aliphatic hydroxyl groups excluding tert-OH is 1. The fourth-order valence-corrected chi connectivity index (χ4v) is 5.24. The minimum atomic E-state index is -0.0600. The van der Waals surface area contributed by atoms with Gasteiger partial charge in [-0.15, -0.1) is 0 Å². The van der Waals surface area contributed by atoms with Gasteiger partial charge in [0.15, 0.2) is 0 Å². The Bertz CT molecular complexity index is 274. The second kappa shape index (κ2) is 6.82. The molecule has 1 heterocycles. The molecule has 112 valence electrons. The van der Waals surface area contributed by atoms with Crippen molar-refractivity contribution in [2.24, 2.45) is 17.8 Å². The summed E-state index contributed by atoms with van der Waals surface area (Å²) >= 11 is 2.11. The van der Waals surface area contributed by atoms with Crippen LogP contribution in [-0.4, -0.2) is 46.2 Å². The van der Waals surface area contributed by atoms with E-state index in [2.05, 4.69) is 44.4 Å². The Morgan fingerprint density at radius 1 is 1.16 bits per heavy atom. The largest absolute Gasteiger partial charge is 0.393 e. The van der Waals surface area contributed by atoms with Crippen molar-refractivity contribution < 1.29 is 5.11 Å². The van der Waals surface area contributed by atoms with E-state index in [4.69, 9.17) is 0 Å². The molecule has 0 aromatic heterocycles. The second-order valence-corrected chi connectivity index (χ2v) is 9.00. The third kappa shape index (κ3) is 4.37. The van der Waals surface area contributed by atoms with Gasteiger partial charge in [-0.25, -0.2) is 0 Å². The minimum Gasteiger partial charge on any atom is -0.393 e. The predicted octanol–water partition coefficient (Wildman–Crippen LogP) is 3.25. The van der Waals surface area contributed by atoms with E-state index in [0.29, 0.717) is 5.92 Å². The van der Waals surface area contributed by atoms with Crippen LogP contribution in [0.5, 0.6) is 0 Å². The summed E-state index contributed by atoms with van der Waals surface area (Å²) in [6.07, 6.45) is 3.40. The van der Waals surface area contributed by atoms with Gasteiger partial charge >= 0.3 is 0 Å². The van der Waals surface area contributed by atoms with Gasteiger partial charge in [-0.05, 0) is 37.0 Å². The molecule has 0 bridgehead atoms. The molecule has 5 unspecified atom stereocenters. The monoisotopic (exact) mass is 285 g/mol. The van der Waals surface area contributed by atoms with Crippen molar-refractivity contribution in [3.05, 3.63) is 0 Å². The minimum absolute atomic E-state index is 0.0600. The molecule has 2 rings (SSSR count). The maximum atomic E-state index is 10.3. The Hall–Kier alpha value is 0.270. The summed E-state index contributed by atoms with van der Waals surface area (Å²) in [6.45, 7) is 12.8. The average molecular weight is 285 g/mol. The highest BCUT2D eigenvalue weighted by molar-refractivity contribution is 8.00. The molecule has 0 aromatic rings. The molecule has 1 aliphatic carbocycles. The molecule has 5 atom stereocenters. The lowest BCUT2D eigenvalue weighted by atomic mass is 9.74. The summed E-state index contributed by atoms with van der Waals surface area (Å²) in [7, 11) is 0. The fourth-order valence-electron chi connectivity index (χ4n) is 3.85. The first-order valence-electron chi connectivity index (χ1n) is 8.01. The average Bonchev–Trinajstić information content (AvgIpc) is 2.30. The van der Waals surface area contributed by atoms with Crippen molar-refractivity contribution in [3.63, 3.8) is 0 Å². The van der Waals surface area contributed by atoms with Crippen LogP contribution < -0.4 is 0 Å². The maximum absolute atomic E-state index is 10.3. The smallest absolute Gasteiger partial charge is 0.0580 e. The van der Waals surface area contributed by atoms with E-state index in [0.717, 1.165) is 35.3 Å². The summed E-state index contributed by atoms with van der Waals surface area (Å²) in [5, 5.41) is 11.8. The highest BCUT2D eigenvalue weighted by Gasteiger charge is 2.33. The molecular weight excluding hydrogens is 254 g/mol. The van der Waals surface area contributed by atoms with Gasteiger partial charge < -0.3 is 10.0 Å². The first kappa shape index (κ1) is 15.7. The van der Waals surface area contributed by atoms with Gasteiger partial charge in [-0.1, -0.05) is 27.7 Å². The zero-order valence-electron chi connectivity index (χ0n) is 13.0.